The van der Waals surface area contributed by atoms with Crippen molar-refractivity contribution < 1.29 is 18.4 Å². The van der Waals surface area contributed by atoms with Crippen LogP contribution in [0, 0.1) is 11.6 Å². The Labute approximate surface area is 103 Å². The van der Waals surface area contributed by atoms with Crippen molar-refractivity contribution in [1.82, 2.24) is 10.2 Å². The molecule has 0 radical (unpaired) electrons. The van der Waals surface area contributed by atoms with E-state index in [9.17, 15) is 18.4 Å². The topological polar surface area (TPSA) is 49.4 Å². The number of halogens is 2. The van der Waals surface area contributed by atoms with Gasteiger partial charge < -0.3 is 10.2 Å². The molecule has 0 aliphatic carbocycles. The van der Waals surface area contributed by atoms with Gasteiger partial charge in [-0.15, -0.1) is 0 Å². The number of hydrogen-bond donors (Lipinski definition) is 1. The summed E-state index contributed by atoms with van der Waals surface area (Å²) in [6.07, 6.45) is 0. The average Bonchev–Trinajstić information content (AvgIpc) is 2.30. The van der Waals surface area contributed by atoms with Crippen molar-refractivity contribution in [3.8, 4) is 0 Å². The van der Waals surface area contributed by atoms with Crippen molar-refractivity contribution >= 4 is 11.8 Å². The number of carbonyl (C=O) groups is 2. The van der Waals surface area contributed by atoms with Gasteiger partial charge in [0.15, 0.2) is 0 Å². The molecule has 2 amide bonds. The fourth-order valence-corrected chi connectivity index (χ4v) is 1.90. The van der Waals surface area contributed by atoms with Crippen LogP contribution in [0.5, 0.6) is 0 Å². The predicted molar refractivity (Wildman–Crippen MR) is 59.9 cm³/mol. The lowest BCUT2D eigenvalue weighted by Gasteiger charge is -2.32. The first-order valence-electron chi connectivity index (χ1n) is 5.54. The third-order valence-electron chi connectivity index (χ3n) is 2.87. The van der Waals surface area contributed by atoms with Crippen LogP contribution in [-0.4, -0.2) is 35.8 Å². The highest BCUT2D eigenvalue weighted by Gasteiger charge is 2.30. The highest BCUT2D eigenvalue weighted by Crippen LogP contribution is 2.14. The van der Waals surface area contributed by atoms with Gasteiger partial charge in [-0.05, 0) is 19.1 Å². The summed E-state index contributed by atoms with van der Waals surface area (Å²) in [4.78, 5) is 24.8. The Bertz CT molecular complexity index is 485. The van der Waals surface area contributed by atoms with Crippen molar-refractivity contribution in [2.24, 2.45) is 0 Å². The van der Waals surface area contributed by atoms with Gasteiger partial charge in [-0.3, -0.25) is 9.59 Å². The van der Waals surface area contributed by atoms with Crippen LogP contribution in [0.4, 0.5) is 8.78 Å². The van der Waals surface area contributed by atoms with Crippen LogP contribution in [0.15, 0.2) is 18.2 Å². The minimum atomic E-state index is -0.813. The SMILES string of the molecule is CC1C(=O)NCCN1C(=O)c1cc(F)cc(F)c1. The van der Waals surface area contributed by atoms with Crippen LogP contribution in [0.1, 0.15) is 17.3 Å². The zero-order valence-electron chi connectivity index (χ0n) is 9.74. The lowest BCUT2D eigenvalue weighted by Crippen LogP contribution is -2.55. The number of hydrogen-bond acceptors (Lipinski definition) is 2. The molecule has 2 rings (SSSR count). The number of nitrogens with zero attached hydrogens (tertiary/aromatic N) is 1. The highest BCUT2D eigenvalue weighted by molar-refractivity contribution is 5.98. The van der Waals surface area contributed by atoms with Crippen LogP contribution in [-0.2, 0) is 4.79 Å². The summed E-state index contributed by atoms with van der Waals surface area (Å²) in [5.41, 5.74) is -0.0888. The average molecular weight is 254 g/mol. The molecule has 0 spiro atoms. The van der Waals surface area contributed by atoms with Gasteiger partial charge in [-0.1, -0.05) is 0 Å². The zero-order valence-corrected chi connectivity index (χ0v) is 9.74. The summed E-state index contributed by atoms with van der Waals surface area (Å²) >= 11 is 0. The Morgan fingerprint density at radius 2 is 1.94 bits per heavy atom. The molecule has 96 valence electrons. The molecule has 1 aliphatic rings. The van der Waals surface area contributed by atoms with E-state index >= 15 is 0 Å². The molecule has 1 N–H and O–H groups in total. The molecule has 0 saturated carbocycles. The Hall–Kier alpha value is -1.98. The maximum atomic E-state index is 13.0. The summed E-state index contributed by atoms with van der Waals surface area (Å²) in [7, 11) is 0. The largest absolute Gasteiger partial charge is 0.353 e. The van der Waals surface area contributed by atoms with Crippen molar-refractivity contribution in [2.75, 3.05) is 13.1 Å². The molecule has 1 atom stereocenters. The normalized spacial score (nSPS) is 19.6. The summed E-state index contributed by atoms with van der Waals surface area (Å²) in [6, 6.07) is 1.98. The first kappa shape index (κ1) is 12.5. The number of amides is 2. The quantitative estimate of drug-likeness (QED) is 0.810. The molecular formula is C12H12F2N2O2. The first-order valence-corrected chi connectivity index (χ1v) is 5.54. The van der Waals surface area contributed by atoms with Gasteiger partial charge in [0.25, 0.3) is 5.91 Å². The van der Waals surface area contributed by atoms with Gasteiger partial charge in [0, 0.05) is 24.7 Å². The van der Waals surface area contributed by atoms with E-state index < -0.39 is 23.6 Å². The van der Waals surface area contributed by atoms with Crippen LogP contribution < -0.4 is 5.32 Å². The molecule has 4 nitrogen and oxygen atoms in total. The van der Waals surface area contributed by atoms with Crippen molar-refractivity contribution in [2.45, 2.75) is 13.0 Å². The van der Waals surface area contributed by atoms with E-state index in [-0.39, 0.29) is 11.5 Å². The Balaban J connectivity index is 2.27. The molecule has 0 bridgehead atoms. The standard InChI is InChI=1S/C12H12F2N2O2/c1-7-11(17)15-2-3-16(7)12(18)8-4-9(13)6-10(14)5-8/h4-7H,2-3H2,1H3,(H,15,17). The number of carbonyl (C=O) groups excluding carboxylic acids is 2. The Kier molecular flexibility index (Phi) is 3.27. The zero-order chi connectivity index (χ0) is 13.3. The fraction of sp³-hybridized carbons (Fsp3) is 0.333. The van der Waals surface area contributed by atoms with E-state index in [4.69, 9.17) is 0 Å². The van der Waals surface area contributed by atoms with Crippen molar-refractivity contribution in [3.63, 3.8) is 0 Å². The second kappa shape index (κ2) is 4.72. The third-order valence-corrected chi connectivity index (χ3v) is 2.87. The van der Waals surface area contributed by atoms with E-state index in [0.717, 1.165) is 12.1 Å². The fourth-order valence-electron chi connectivity index (χ4n) is 1.90. The van der Waals surface area contributed by atoms with E-state index in [0.29, 0.717) is 19.2 Å². The van der Waals surface area contributed by atoms with E-state index in [2.05, 4.69) is 5.32 Å². The first-order chi connectivity index (χ1) is 8.49. The number of piperazine rings is 1. The van der Waals surface area contributed by atoms with E-state index in [1.165, 1.54) is 4.90 Å². The van der Waals surface area contributed by atoms with Crippen molar-refractivity contribution in [3.05, 3.63) is 35.4 Å². The van der Waals surface area contributed by atoms with Crippen molar-refractivity contribution in [1.29, 1.82) is 0 Å². The minimum absolute atomic E-state index is 0.0888. The maximum absolute atomic E-state index is 13.0. The predicted octanol–water partition coefficient (Wildman–Crippen LogP) is 0.925. The van der Waals surface area contributed by atoms with E-state index in [1.54, 1.807) is 6.92 Å². The minimum Gasteiger partial charge on any atom is -0.353 e. The lowest BCUT2D eigenvalue weighted by molar-refractivity contribution is -0.127. The molecule has 1 aliphatic heterocycles. The molecule has 1 unspecified atom stereocenters. The molecule has 1 aromatic rings. The monoisotopic (exact) mass is 254 g/mol. The van der Waals surface area contributed by atoms with Gasteiger partial charge in [-0.25, -0.2) is 8.78 Å². The molecule has 1 heterocycles. The number of rotatable bonds is 1. The van der Waals surface area contributed by atoms with Crippen LogP contribution in [0.25, 0.3) is 0 Å². The Morgan fingerprint density at radius 3 is 2.56 bits per heavy atom. The van der Waals surface area contributed by atoms with Crippen LogP contribution in [0.2, 0.25) is 0 Å². The summed E-state index contributed by atoms with van der Waals surface area (Å²) in [6.45, 7) is 2.23. The molecule has 18 heavy (non-hydrogen) atoms. The summed E-state index contributed by atoms with van der Waals surface area (Å²) in [5, 5.41) is 2.61. The third kappa shape index (κ3) is 2.32. The Morgan fingerprint density at radius 1 is 1.33 bits per heavy atom. The van der Waals surface area contributed by atoms with Gasteiger partial charge >= 0.3 is 0 Å². The molecule has 1 fully saturated rings. The number of benzene rings is 1. The van der Waals surface area contributed by atoms with Gasteiger partial charge in [0.05, 0.1) is 0 Å². The molecule has 1 aromatic carbocycles. The maximum Gasteiger partial charge on any atom is 0.254 e. The van der Waals surface area contributed by atoms with Crippen LogP contribution >= 0.6 is 0 Å². The summed E-state index contributed by atoms with van der Waals surface area (Å²) in [5.74, 6) is -2.44. The molecular weight excluding hydrogens is 242 g/mol. The highest BCUT2D eigenvalue weighted by atomic mass is 19.1. The van der Waals surface area contributed by atoms with Gasteiger partial charge in [0.1, 0.15) is 17.7 Å². The molecule has 0 aromatic heterocycles. The smallest absolute Gasteiger partial charge is 0.254 e. The van der Waals surface area contributed by atoms with E-state index in [1.807, 2.05) is 0 Å². The molecule has 1 saturated heterocycles. The molecule has 6 heteroatoms. The van der Waals surface area contributed by atoms with Gasteiger partial charge in [-0.2, -0.15) is 0 Å². The lowest BCUT2D eigenvalue weighted by atomic mass is 10.1. The second-order valence-corrected chi connectivity index (χ2v) is 4.12. The van der Waals surface area contributed by atoms with Crippen LogP contribution in [0.3, 0.4) is 0 Å². The number of nitrogens with one attached hydrogen (secondary N) is 1. The summed E-state index contributed by atoms with van der Waals surface area (Å²) < 4.78 is 26.1. The second-order valence-electron chi connectivity index (χ2n) is 4.12. The van der Waals surface area contributed by atoms with Gasteiger partial charge in [0.2, 0.25) is 5.91 Å².